The van der Waals surface area contributed by atoms with Crippen LogP contribution in [0.1, 0.15) is 16.1 Å². The van der Waals surface area contributed by atoms with Crippen LogP contribution in [0.5, 0.6) is 5.75 Å². The first kappa shape index (κ1) is 10.9. The smallest absolute Gasteiger partial charge is 0.326 e. The molecule has 0 bridgehead atoms. The Balaban J connectivity index is 2.55. The summed E-state index contributed by atoms with van der Waals surface area (Å²) in [6.45, 7) is 0. The first-order valence-corrected chi connectivity index (χ1v) is 4.74. The summed E-state index contributed by atoms with van der Waals surface area (Å²) in [5, 5.41) is 9.48. The van der Waals surface area contributed by atoms with Gasteiger partial charge in [-0.25, -0.2) is 4.79 Å². The average Bonchev–Trinajstić information content (AvgIpc) is 2.27. The summed E-state index contributed by atoms with van der Waals surface area (Å²) in [6, 6.07) is 6.84. The molecule has 2 rings (SSSR count). The number of aromatic nitrogens is 2. The molecule has 0 aliphatic carbocycles. The van der Waals surface area contributed by atoms with E-state index in [4.69, 9.17) is 0 Å². The highest BCUT2D eigenvalue weighted by Crippen LogP contribution is 2.17. The second-order valence-corrected chi connectivity index (χ2v) is 3.35. The van der Waals surface area contributed by atoms with E-state index in [-0.39, 0.29) is 17.0 Å². The first-order valence-electron chi connectivity index (χ1n) is 4.74. The second kappa shape index (κ2) is 4.09. The lowest BCUT2D eigenvalue weighted by Crippen LogP contribution is -2.25. The van der Waals surface area contributed by atoms with Gasteiger partial charge in [0.2, 0.25) is 5.78 Å². The summed E-state index contributed by atoms with van der Waals surface area (Å²) in [5.74, 6) is -0.829. The molecule has 0 saturated carbocycles. The van der Waals surface area contributed by atoms with E-state index in [9.17, 15) is 19.5 Å². The number of para-hydroxylation sites is 1. The topological polar surface area (TPSA) is 103 Å². The fourth-order valence-corrected chi connectivity index (χ4v) is 1.40. The molecule has 0 radical (unpaired) electrons. The van der Waals surface area contributed by atoms with Crippen LogP contribution in [0.15, 0.2) is 39.9 Å². The van der Waals surface area contributed by atoms with Crippen LogP contribution in [0.2, 0.25) is 0 Å². The average molecular weight is 232 g/mol. The van der Waals surface area contributed by atoms with Gasteiger partial charge in [-0.05, 0) is 12.1 Å². The van der Waals surface area contributed by atoms with Gasteiger partial charge in [-0.2, -0.15) is 0 Å². The summed E-state index contributed by atoms with van der Waals surface area (Å²) in [5.41, 5.74) is -1.59. The van der Waals surface area contributed by atoms with Gasteiger partial charge in [0, 0.05) is 6.07 Å². The summed E-state index contributed by atoms with van der Waals surface area (Å²) in [7, 11) is 0. The van der Waals surface area contributed by atoms with Crippen molar-refractivity contribution in [2.24, 2.45) is 0 Å². The van der Waals surface area contributed by atoms with E-state index in [1.54, 1.807) is 12.1 Å². The van der Waals surface area contributed by atoms with Crippen LogP contribution in [0.3, 0.4) is 0 Å². The van der Waals surface area contributed by atoms with Crippen molar-refractivity contribution in [2.45, 2.75) is 0 Å². The molecule has 0 saturated heterocycles. The molecule has 86 valence electrons. The zero-order valence-corrected chi connectivity index (χ0v) is 8.56. The zero-order valence-electron chi connectivity index (χ0n) is 8.56. The fourth-order valence-electron chi connectivity index (χ4n) is 1.40. The molecule has 17 heavy (non-hydrogen) atoms. The second-order valence-electron chi connectivity index (χ2n) is 3.35. The van der Waals surface area contributed by atoms with Crippen molar-refractivity contribution < 1.29 is 9.90 Å². The molecular formula is C11H8N2O4. The largest absolute Gasteiger partial charge is 0.507 e. The van der Waals surface area contributed by atoms with E-state index in [0.29, 0.717) is 0 Å². The predicted octanol–water partition coefficient (Wildman–Crippen LogP) is -0.000200. The molecule has 1 heterocycles. The van der Waals surface area contributed by atoms with Crippen LogP contribution in [0.25, 0.3) is 0 Å². The van der Waals surface area contributed by atoms with Crippen molar-refractivity contribution in [3.8, 4) is 5.75 Å². The number of carbonyl (C=O) groups is 1. The number of hydrogen-bond acceptors (Lipinski definition) is 4. The lowest BCUT2D eigenvalue weighted by molar-refractivity contribution is 0.103. The molecule has 0 spiro atoms. The van der Waals surface area contributed by atoms with E-state index in [1.165, 1.54) is 12.1 Å². The molecule has 0 aliphatic heterocycles. The van der Waals surface area contributed by atoms with Crippen LogP contribution in [-0.2, 0) is 0 Å². The van der Waals surface area contributed by atoms with E-state index in [1.807, 2.05) is 4.98 Å². The van der Waals surface area contributed by atoms with Gasteiger partial charge in [-0.1, -0.05) is 12.1 Å². The van der Waals surface area contributed by atoms with Gasteiger partial charge >= 0.3 is 5.69 Å². The number of phenolic OH excluding ortho intramolecular Hbond substituents is 1. The number of rotatable bonds is 2. The molecule has 0 amide bonds. The minimum atomic E-state index is -0.767. The quantitative estimate of drug-likeness (QED) is 0.634. The Hall–Kier alpha value is -2.63. The monoisotopic (exact) mass is 232 g/mol. The van der Waals surface area contributed by atoms with Gasteiger partial charge in [0.05, 0.1) is 11.3 Å². The summed E-state index contributed by atoms with van der Waals surface area (Å²) in [6.07, 6.45) is 0. The molecule has 6 heteroatoms. The molecule has 6 nitrogen and oxygen atoms in total. The minimum absolute atomic E-state index is 0.0220. The molecule has 0 fully saturated rings. The van der Waals surface area contributed by atoms with Crippen molar-refractivity contribution >= 4 is 5.78 Å². The third kappa shape index (κ3) is 2.15. The SMILES string of the molecule is O=C(c1cc(=O)[nH]c(=O)[nH]1)c1ccccc1O. The molecule has 1 aromatic carbocycles. The number of carbonyl (C=O) groups excluding carboxylic acids is 1. The molecular weight excluding hydrogens is 224 g/mol. The number of phenols is 1. The van der Waals surface area contributed by atoms with Crippen molar-refractivity contribution in [3.05, 3.63) is 62.4 Å². The van der Waals surface area contributed by atoms with Gasteiger partial charge in [-0.3, -0.25) is 14.6 Å². The highest BCUT2D eigenvalue weighted by atomic mass is 16.3. The van der Waals surface area contributed by atoms with Gasteiger partial charge < -0.3 is 10.1 Å². The highest BCUT2D eigenvalue weighted by Gasteiger charge is 2.14. The Labute approximate surface area is 94.6 Å². The van der Waals surface area contributed by atoms with E-state index >= 15 is 0 Å². The number of nitrogens with one attached hydrogen (secondary N) is 2. The van der Waals surface area contributed by atoms with Crippen molar-refractivity contribution in [3.63, 3.8) is 0 Å². The molecule has 0 unspecified atom stereocenters. The zero-order chi connectivity index (χ0) is 12.4. The Morgan fingerprint density at radius 1 is 1.12 bits per heavy atom. The number of ketones is 1. The molecule has 0 aliphatic rings. The van der Waals surface area contributed by atoms with Gasteiger partial charge in [0.15, 0.2) is 0 Å². The standard InChI is InChI=1S/C11H8N2O4/c14-8-4-2-1-3-6(8)10(16)7-5-9(15)13-11(17)12-7/h1-5,14H,(H2,12,13,15,17). The number of aromatic amines is 2. The summed E-state index contributed by atoms with van der Waals surface area (Å²) >= 11 is 0. The predicted molar refractivity (Wildman–Crippen MR) is 59.2 cm³/mol. The number of hydrogen-bond donors (Lipinski definition) is 3. The van der Waals surface area contributed by atoms with Crippen LogP contribution < -0.4 is 11.2 Å². The van der Waals surface area contributed by atoms with E-state index < -0.39 is 17.0 Å². The van der Waals surface area contributed by atoms with Gasteiger partial charge in [0.1, 0.15) is 5.75 Å². The van der Waals surface area contributed by atoms with Crippen LogP contribution >= 0.6 is 0 Å². The van der Waals surface area contributed by atoms with Crippen LogP contribution in [0.4, 0.5) is 0 Å². The maximum atomic E-state index is 11.9. The molecule has 3 N–H and O–H groups in total. The Morgan fingerprint density at radius 2 is 1.82 bits per heavy atom. The number of aromatic hydroxyl groups is 1. The lowest BCUT2D eigenvalue weighted by Gasteiger charge is -2.02. The Morgan fingerprint density at radius 3 is 2.47 bits per heavy atom. The molecule has 2 aromatic rings. The number of H-pyrrole nitrogens is 2. The van der Waals surface area contributed by atoms with Gasteiger partial charge in [0.25, 0.3) is 5.56 Å². The first-order chi connectivity index (χ1) is 8.08. The van der Waals surface area contributed by atoms with E-state index in [2.05, 4.69) is 4.98 Å². The fraction of sp³-hybridized carbons (Fsp3) is 0. The summed E-state index contributed by atoms with van der Waals surface area (Å²) < 4.78 is 0. The van der Waals surface area contributed by atoms with Crippen molar-refractivity contribution in [2.75, 3.05) is 0 Å². The van der Waals surface area contributed by atoms with Crippen molar-refractivity contribution in [1.29, 1.82) is 0 Å². The molecule has 1 aromatic heterocycles. The maximum absolute atomic E-state index is 11.9. The molecule has 0 atom stereocenters. The van der Waals surface area contributed by atoms with Crippen LogP contribution in [0, 0.1) is 0 Å². The maximum Gasteiger partial charge on any atom is 0.326 e. The third-order valence-corrected chi connectivity index (χ3v) is 2.15. The Bertz CT molecular complexity index is 656. The highest BCUT2D eigenvalue weighted by molar-refractivity contribution is 6.09. The van der Waals surface area contributed by atoms with E-state index in [0.717, 1.165) is 6.07 Å². The normalized spacial score (nSPS) is 10.1. The summed E-state index contributed by atoms with van der Waals surface area (Å²) in [4.78, 5) is 38.1. The Kier molecular flexibility index (Phi) is 2.61. The third-order valence-electron chi connectivity index (χ3n) is 2.15. The van der Waals surface area contributed by atoms with Gasteiger partial charge in [-0.15, -0.1) is 0 Å². The lowest BCUT2D eigenvalue weighted by atomic mass is 10.1. The van der Waals surface area contributed by atoms with Crippen molar-refractivity contribution in [1.82, 2.24) is 9.97 Å². The minimum Gasteiger partial charge on any atom is -0.507 e. The van der Waals surface area contributed by atoms with Crippen LogP contribution in [-0.4, -0.2) is 20.9 Å². The number of benzene rings is 1.